The van der Waals surface area contributed by atoms with Crippen LogP contribution in [0, 0.1) is 11.8 Å². The topological polar surface area (TPSA) is 58.2 Å². The van der Waals surface area contributed by atoms with Crippen molar-refractivity contribution < 1.29 is 8.42 Å². The lowest BCUT2D eigenvalue weighted by atomic mass is 10.1. The molecule has 2 saturated carbocycles. The van der Waals surface area contributed by atoms with E-state index in [1.807, 2.05) is 0 Å². The first kappa shape index (κ1) is 12.9. The van der Waals surface area contributed by atoms with Gasteiger partial charge in [-0.25, -0.2) is 8.42 Å². The van der Waals surface area contributed by atoms with Gasteiger partial charge < -0.3 is 10.6 Å². The Balaban J connectivity index is 1.41. The molecule has 0 aromatic heterocycles. The minimum Gasteiger partial charge on any atom is -0.313 e. The molecule has 4 nitrogen and oxygen atoms in total. The van der Waals surface area contributed by atoms with Crippen molar-refractivity contribution in [2.75, 3.05) is 24.6 Å². The van der Waals surface area contributed by atoms with Crippen LogP contribution in [-0.4, -0.2) is 45.1 Å². The smallest absolute Gasteiger partial charge is 0.153 e. The van der Waals surface area contributed by atoms with Crippen LogP contribution in [0.4, 0.5) is 0 Å². The van der Waals surface area contributed by atoms with Gasteiger partial charge in [0.2, 0.25) is 0 Å². The maximum Gasteiger partial charge on any atom is 0.153 e. The monoisotopic (exact) mass is 272 g/mol. The van der Waals surface area contributed by atoms with Gasteiger partial charge in [-0.2, -0.15) is 0 Å². The Morgan fingerprint density at radius 2 is 1.83 bits per heavy atom. The zero-order valence-corrected chi connectivity index (χ0v) is 11.7. The van der Waals surface area contributed by atoms with E-state index in [9.17, 15) is 8.42 Å². The van der Waals surface area contributed by atoms with Crippen LogP contribution < -0.4 is 10.6 Å². The summed E-state index contributed by atoms with van der Waals surface area (Å²) in [5.74, 6) is 2.47. The van der Waals surface area contributed by atoms with E-state index in [2.05, 4.69) is 10.6 Å². The molecule has 104 valence electrons. The molecule has 1 atom stereocenters. The van der Waals surface area contributed by atoms with Gasteiger partial charge >= 0.3 is 0 Å². The average molecular weight is 272 g/mol. The van der Waals surface area contributed by atoms with E-state index in [1.165, 1.54) is 25.7 Å². The summed E-state index contributed by atoms with van der Waals surface area (Å²) in [5.41, 5.74) is 0. The number of sulfone groups is 1. The molecule has 0 radical (unpaired) electrons. The fraction of sp³-hybridized carbons (Fsp3) is 1.00. The van der Waals surface area contributed by atoms with Crippen LogP contribution in [0.1, 0.15) is 32.1 Å². The maximum absolute atomic E-state index is 11.5. The molecule has 1 unspecified atom stereocenters. The van der Waals surface area contributed by atoms with Gasteiger partial charge in [-0.15, -0.1) is 0 Å². The standard InChI is InChI=1S/C13H24N2O2S/c16-18(17)8-7-14-12(9-18)5-6-15-13(10-1-2-10)11-3-4-11/h10-15H,1-9H2. The Morgan fingerprint density at radius 1 is 1.17 bits per heavy atom. The van der Waals surface area contributed by atoms with Crippen molar-refractivity contribution in [2.24, 2.45) is 11.8 Å². The fourth-order valence-electron chi connectivity index (χ4n) is 3.11. The Labute approximate surface area is 110 Å². The lowest BCUT2D eigenvalue weighted by molar-refractivity contribution is 0.394. The molecule has 5 heteroatoms. The highest BCUT2D eigenvalue weighted by Gasteiger charge is 2.41. The first-order chi connectivity index (χ1) is 8.64. The van der Waals surface area contributed by atoms with Gasteiger partial charge in [-0.3, -0.25) is 0 Å². The first-order valence-electron chi connectivity index (χ1n) is 7.31. The lowest BCUT2D eigenvalue weighted by Gasteiger charge is -2.25. The van der Waals surface area contributed by atoms with Crippen LogP contribution in [0.5, 0.6) is 0 Å². The summed E-state index contributed by atoms with van der Waals surface area (Å²) in [6.07, 6.45) is 6.51. The predicted octanol–water partition coefficient (Wildman–Crippen LogP) is 0.541. The van der Waals surface area contributed by atoms with Crippen LogP contribution in [-0.2, 0) is 9.84 Å². The van der Waals surface area contributed by atoms with Crippen LogP contribution in [0.25, 0.3) is 0 Å². The molecule has 2 aliphatic carbocycles. The molecule has 1 saturated heterocycles. The van der Waals surface area contributed by atoms with E-state index in [0.717, 1.165) is 30.8 Å². The molecule has 0 aromatic carbocycles. The van der Waals surface area contributed by atoms with E-state index < -0.39 is 9.84 Å². The van der Waals surface area contributed by atoms with Gasteiger partial charge in [-0.05, 0) is 50.5 Å². The fourth-order valence-corrected chi connectivity index (χ4v) is 4.60. The molecule has 0 aromatic rings. The van der Waals surface area contributed by atoms with Crippen molar-refractivity contribution in [1.29, 1.82) is 0 Å². The van der Waals surface area contributed by atoms with E-state index in [4.69, 9.17) is 0 Å². The highest BCUT2D eigenvalue weighted by Crippen LogP contribution is 2.44. The lowest BCUT2D eigenvalue weighted by Crippen LogP contribution is -2.47. The minimum atomic E-state index is -2.78. The van der Waals surface area contributed by atoms with Crippen molar-refractivity contribution in [3.63, 3.8) is 0 Å². The largest absolute Gasteiger partial charge is 0.313 e. The second-order valence-corrected chi connectivity index (χ2v) is 8.44. The Morgan fingerprint density at radius 3 is 2.39 bits per heavy atom. The van der Waals surface area contributed by atoms with Crippen molar-refractivity contribution in [2.45, 2.75) is 44.2 Å². The highest BCUT2D eigenvalue weighted by atomic mass is 32.2. The second kappa shape index (κ2) is 5.10. The molecule has 3 aliphatic rings. The third-order valence-electron chi connectivity index (χ3n) is 4.43. The van der Waals surface area contributed by atoms with Gasteiger partial charge in [0.15, 0.2) is 9.84 Å². The molecule has 3 fully saturated rings. The van der Waals surface area contributed by atoms with Crippen molar-refractivity contribution in [3.05, 3.63) is 0 Å². The second-order valence-electron chi connectivity index (χ2n) is 6.21. The number of hydrogen-bond acceptors (Lipinski definition) is 4. The Hall–Kier alpha value is -0.130. The zero-order valence-electron chi connectivity index (χ0n) is 10.9. The third-order valence-corrected chi connectivity index (χ3v) is 6.17. The van der Waals surface area contributed by atoms with Crippen molar-refractivity contribution >= 4 is 9.84 Å². The SMILES string of the molecule is O=S1(=O)CCNC(CCNC(C2CC2)C2CC2)C1. The summed E-state index contributed by atoms with van der Waals surface area (Å²) in [4.78, 5) is 0. The van der Waals surface area contributed by atoms with Crippen molar-refractivity contribution in [1.82, 2.24) is 10.6 Å². The highest BCUT2D eigenvalue weighted by molar-refractivity contribution is 7.91. The molecule has 0 amide bonds. The molecule has 0 bridgehead atoms. The first-order valence-corrected chi connectivity index (χ1v) is 9.13. The number of hydrogen-bond donors (Lipinski definition) is 2. The van der Waals surface area contributed by atoms with E-state index in [0.29, 0.717) is 18.1 Å². The van der Waals surface area contributed by atoms with Gasteiger partial charge in [0.05, 0.1) is 11.5 Å². The molecule has 3 rings (SSSR count). The average Bonchev–Trinajstić information content (AvgIpc) is 3.14. The molecular weight excluding hydrogens is 248 g/mol. The minimum absolute atomic E-state index is 0.162. The van der Waals surface area contributed by atoms with E-state index in [-0.39, 0.29) is 6.04 Å². The quantitative estimate of drug-likeness (QED) is 0.741. The Bertz CT molecular complexity index is 376. The predicted molar refractivity (Wildman–Crippen MR) is 72.3 cm³/mol. The van der Waals surface area contributed by atoms with Crippen LogP contribution >= 0.6 is 0 Å². The van der Waals surface area contributed by atoms with E-state index >= 15 is 0 Å². The summed E-state index contributed by atoms with van der Waals surface area (Å²) >= 11 is 0. The van der Waals surface area contributed by atoms with Gasteiger partial charge in [-0.1, -0.05) is 0 Å². The summed E-state index contributed by atoms with van der Waals surface area (Å²) in [7, 11) is -2.78. The summed E-state index contributed by atoms with van der Waals surface area (Å²) in [6.45, 7) is 1.59. The van der Waals surface area contributed by atoms with Gasteiger partial charge in [0.1, 0.15) is 0 Å². The summed E-state index contributed by atoms with van der Waals surface area (Å²) in [6, 6.07) is 0.889. The molecule has 0 spiro atoms. The molecule has 1 heterocycles. The molecule has 1 aliphatic heterocycles. The maximum atomic E-state index is 11.5. The van der Waals surface area contributed by atoms with E-state index in [1.54, 1.807) is 0 Å². The summed E-state index contributed by atoms with van der Waals surface area (Å²) < 4.78 is 23.1. The van der Waals surface area contributed by atoms with Crippen LogP contribution in [0.15, 0.2) is 0 Å². The summed E-state index contributed by atoms with van der Waals surface area (Å²) in [5, 5.41) is 7.00. The Kier molecular flexibility index (Phi) is 3.65. The third kappa shape index (κ3) is 3.45. The number of rotatable bonds is 6. The normalized spacial score (nSPS) is 31.7. The van der Waals surface area contributed by atoms with Gasteiger partial charge in [0.25, 0.3) is 0 Å². The molecular formula is C13H24N2O2S. The van der Waals surface area contributed by atoms with Crippen LogP contribution in [0.2, 0.25) is 0 Å². The molecule has 2 N–H and O–H groups in total. The van der Waals surface area contributed by atoms with Crippen LogP contribution in [0.3, 0.4) is 0 Å². The van der Waals surface area contributed by atoms with Crippen molar-refractivity contribution in [3.8, 4) is 0 Å². The van der Waals surface area contributed by atoms with Gasteiger partial charge in [0, 0.05) is 18.6 Å². The number of nitrogens with one attached hydrogen (secondary N) is 2. The zero-order chi connectivity index (χ0) is 12.6. The molecule has 18 heavy (non-hydrogen) atoms.